The van der Waals surface area contributed by atoms with Crippen molar-refractivity contribution in [2.75, 3.05) is 42.3 Å². The summed E-state index contributed by atoms with van der Waals surface area (Å²) in [5, 5.41) is 35.1. The SMILES string of the molecule is CN1C(=O)C2(N=C1N)c1cc(-c3cccc(C#N)c3)ccc1CC21CCC(N(C)C)CC1.CN1C(=O)C2(N=C1N)c1cc(Br)ccc1CC21CCC(N(C)C)CC1.N#Cc1cccc(B(O)O)c1. The van der Waals surface area contributed by atoms with E-state index in [9.17, 15) is 14.9 Å². The van der Waals surface area contributed by atoms with Crippen molar-refractivity contribution in [1.82, 2.24) is 19.6 Å². The summed E-state index contributed by atoms with van der Waals surface area (Å²) in [7, 11) is 10.5. The lowest BCUT2D eigenvalue weighted by Crippen LogP contribution is -2.52. The van der Waals surface area contributed by atoms with Crippen LogP contribution in [-0.4, -0.2) is 115 Å². The van der Waals surface area contributed by atoms with E-state index in [-0.39, 0.29) is 22.6 Å². The van der Waals surface area contributed by atoms with Crippen molar-refractivity contribution < 1.29 is 19.6 Å². The van der Waals surface area contributed by atoms with Crippen LogP contribution in [0.25, 0.3) is 11.1 Å². The molecule has 16 heteroatoms. The Morgan fingerprint density at radius 3 is 1.54 bits per heavy atom. The molecule has 68 heavy (non-hydrogen) atoms. The van der Waals surface area contributed by atoms with Crippen LogP contribution in [-0.2, 0) is 33.5 Å². The summed E-state index contributed by atoms with van der Waals surface area (Å²) in [6.07, 6.45) is 9.92. The van der Waals surface area contributed by atoms with Gasteiger partial charge in [-0.1, -0.05) is 58.4 Å². The van der Waals surface area contributed by atoms with Crippen molar-refractivity contribution in [2.45, 2.75) is 87.4 Å². The highest BCUT2D eigenvalue weighted by molar-refractivity contribution is 9.10. The van der Waals surface area contributed by atoms with Gasteiger partial charge in [-0.05, 0) is 174 Å². The molecule has 2 saturated carbocycles. The summed E-state index contributed by atoms with van der Waals surface area (Å²) in [5.74, 6) is 0.658. The van der Waals surface area contributed by atoms with Gasteiger partial charge in [-0.25, -0.2) is 9.98 Å². The van der Waals surface area contributed by atoms with Crippen LogP contribution in [0.1, 0.15) is 84.7 Å². The normalized spacial score (nSPS) is 27.7. The van der Waals surface area contributed by atoms with Gasteiger partial charge in [0.2, 0.25) is 0 Å². The second-order valence-electron chi connectivity index (χ2n) is 19.9. The predicted octanol–water partition coefficient (Wildman–Crippen LogP) is 4.97. The molecule has 2 fully saturated rings. The van der Waals surface area contributed by atoms with E-state index in [1.54, 1.807) is 38.4 Å². The standard InChI is InChI=1S/C26H29N5O.C19H25BrN4O.C7H6BNO2/c1-30(2)21-9-11-25(12-10-21)15-20-8-7-19(18-6-4-5-17(13-18)16-27)14-22(20)26(25)23(32)31(3)24(28)29-26;1-23(2)14-6-8-18(9-7-14)11-12-4-5-13(20)10-15(12)19(18)16(25)24(3)17(21)22-19;9-5-6-2-1-3-7(4-6)8(10)11/h4-8,13-14,21H,9-12,15H2,1-3H3,(H2,28,29);4-5,10,14H,6-9,11H2,1-3H3,(H2,21,22);1-4,10-11H. The van der Waals surface area contributed by atoms with E-state index in [0.29, 0.717) is 40.6 Å². The monoisotopic (exact) mass is 978 g/mol. The Morgan fingerprint density at radius 2 is 1.10 bits per heavy atom. The molecule has 352 valence electrons. The molecule has 2 aliphatic heterocycles. The molecule has 0 radical (unpaired) electrons. The van der Waals surface area contributed by atoms with E-state index in [4.69, 9.17) is 36.8 Å². The molecule has 2 unspecified atom stereocenters. The lowest BCUT2D eigenvalue weighted by molar-refractivity contribution is -0.137. The van der Waals surface area contributed by atoms with Gasteiger partial charge in [-0.3, -0.25) is 19.4 Å². The van der Waals surface area contributed by atoms with Gasteiger partial charge < -0.3 is 31.3 Å². The van der Waals surface area contributed by atoms with Crippen LogP contribution in [0.4, 0.5) is 0 Å². The number of benzene rings is 4. The fourth-order valence-corrected chi connectivity index (χ4v) is 12.5. The lowest BCUT2D eigenvalue weighted by atomic mass is 9.61. The van der Waals surface area contributed by atoms with Crippen molar-refractivity contribution >= 4 is 52.2 Å². The van der Waals surface area contributed by atoms with Gasteiger partial charge >= 0.3 is 7.12 Å². The number of aliphatic imine (C=N–C) groups is 2. The summed E-state index contributed by atoms with van der Waals surface area (Å²) in [4.78, 5) is 44.7. The largest absolute Gasteiger partial charge is 0.488 e. The maximum absolute atomic E-state index is 13.8. The third-order valence-corrected chi connectivity index (χ3v) is 16.5. The van der Waals surface area contributed by atoms with Crippen molar-refractivity contribution in [3.05, 3.63) is 123 Å². The van der Waals surface area contributed by atoms with E-state index in [1.165, 1.54) is 27.0 Å². The second kappa shape index (κ2) is 18.6. The van der Waals surface area contributed by atoms with Crippen molar-refractivity contribution in [2.24, 2.45) is 32.3 Å². The van der Waals surface area contributed by atoms with Crippen LogP contribution >= 0.6 is 15.9 Å². The van der Waals surface area contributed by atoms with Crippen LogP contribution in [0.5, 0.6) is 0 Å². The number of fused-ring (bicyclic) bond motifs is 6. The highest BCUT2D eigenvalue weighted by Crippen LogP contribution is 2.63. The number of hydrogen-bond donors (Lipinski definition) is 4. The number of hydrogen-bond acceptors (Lipinski definition) is 12. The molecule has 4 spiro atoms. The van der Waals surface area contributed by atoms with Gasteiger partial charge in [0.25, 0.3) is 11.8 Å². The van der Waals surface area contributed by atoms with E-state index in [0.717, 1.165) is 90.9 Å². The van der Waals surface area contributed by atoms with Gasteiger partial charge in [0.15, 0.2) is 23.0 Å². The Morgan fingerprint density at radius 1 is 0.662 bits per heavy atom. The zero-order valence-electron chi connectivity index (χ0n) is 39.7. The molecule has 2 amide bonds. The van der Waals surface area contributed by atoms with Crippen molar-refractivity contribution in [1.29, 1.82) is 10.5 Å². The molecular weight excluding hydrogens is 919 g/mol. The maximum Gasteiger partial charge on any atom is 0.488 e. The van der Waals surface area contributed by atoms with Gasteiger partial charge in [-0.2, -0.15) is 10.5 Å². The van der Waals surface area contributed by atoms with Gasteiger partial charge in [-0.15, -0.1) is 0 Å². The summed E-state index contributed by atoms with van der Waals surface area (Å²) >= 11 is 3.58. The molecule has 6 N–H and O–H groups in total. The first kappa shape index (κ1) is 48.6. The highest BCUT2D eigenvalue weighted by Gasteiger charge is 2.67. The van der Waals surface area contributed by atoms with E-state index in [2.05, 4.69) is 96.4 Å². The minimum absolute atomic E-state index is 0.0139. The van der Waals surface area contributed by atoms with Crippen LogP contribution in [0, 0.1) is 33.5 Å². The molecule has 0 aromatic heterocycles. The second-order valence-corrected chi connectivity index (χ2v) is 20.8. The Kier molecular flexibility index (Phi) is 13.3. The lowest BCUT2D eigenvalue weighted by Gasteiger charge is -2.46. The summed E-state index contributed by atoms with van der Waals surface area (Å²) < 4.78 is 0.987. The molecule has 4 aromatic rings. The minimum atomic E-state index is -1.50. The van der Waals surface area contributed by atoms with Gasteiger partial charge in [0.1, 0.15) is 0 Å². The molecule has 2 atom stereocenters. The maximum atomic E-state index is 13.8. The summed E-state index contributed by atoms with van der Waals surface area (Å²) in [5.41, 5.74) is 18.0. The number of nitrogens with two attached hydrogens (primary N) is 2. The first-order chi connectivity index (χ1) is 32.4. The zero-order chi connectivity index (χ0) is 48.9. The minimum Gasteiger partial charge on any atom is -0.423 e. The fraction of sp³-hybridized carbons (Fsp3) is 0.423. The van der Waals surface area contributed by atoms with Crippen LogP contribution < -0.4 is 16.9 Å². The Balaban J connectivity index is 0.000000154. The first-order valence-electron chi connectivity index (χ1n) is 23.2. The molecular formula is C52H60BBrN10O4. The Labute approximate surface area is 408 Å². The zero-order valence-corrected chi connectivity index (χ0v) is 41.3. The number of amides is 2. The molecule has 14 nitrogen and oxygen atoms in total. The number of guanidine groups is 2. The van der Waals surface area contributed by atoms with Crippen LogP contribution in [0.15, 0.2) is 99.4 Å². The van der Waals surface area contributed by atoms with E-state index in [1.807, 2.05) is 24.3 Å². The number of carbonyl (C=O) groups excluding carboxylic acids is 2. The average molecular weight is 980 g/mol. The molecule has 10 rings (SSSR count). The predicted molar refractivity (Wildman–Crippen MR) is 268 cm³/mol. The Hall–Kier alpha value is -5.88. The number of nitriles is 2. The van der Waals surface area contributed by atoms with Crippen molar-refractivity contribution in [3.63, 3.8) is 0 Å². The number of nitrogens with zero attached hydrogens (tertiary/aromatic N) is 8. The fourth-order valence-electron chi connectivity index (χ4n) is 12.1. The highest BCUT2D eigenvalue weighted by atomic mass is 79.9. The van der Waals surface area contributed by atoms with Gasteiger partial charge in [0.05, 0.1) is 23.3 Å². The smallest absolute Gasteiger partial charge is 0.423 e. The molecule has 0 saturated heterocycles. The molecule has 0 bridgehead atoms. The quantitative estimate of drug-likeness (QED) is 0.202. The summed E-state index contributed by atoms with van der Waals surface area (Å²) in [6, 6.07) is 31.7. The van der Waals surface area contributed by atoms with E-state index >= 15 is 0 Å². The number of halogens is 1. The Bertz CT molecular complexity index is 2780. The first-order valence-corrected chi connectivity index (χ1v) is 24.0. The molecule has 4 aliphatic carbocycles. The molecule has 6 aliphatic rings. The average Bonchev–Trinajstić information content (AvgIpc) is 3.93. The van der Waals surface area contributed by atoms with Crippen molar-refractivity contribution in [3.8, 4) is 23.3 Å². The van der Waals surface area contributed by atoms with Crippen LogP contribution in [0.2, 0.25) is 0 Å². The van der Waals surface area contributed by atoms with E-state index < -0.39 is 18.2 Å². The third kappa shape index (κ3) is 8.00. The number of carbonyl (C=O) groups is 2. The number of likely N-dealkylation sites (N-methyl/N-ethyl adjacent to an activating group) is 2. The topological polar surface area (TPSA) is 212 Å². The number of rotatable bonds is 4. The van der Waals surface area contributed by atoms with Gasteiger partial charge in [0, 0.05) is 41.5 Å². The molecule has 4 aromatic carbocycles. The molecule has 2 heterocycles. The van der Waals surface area contributed by atoms with Crippen LogP contribution in [0.3, 0.4) is 0 Å². The summed E-state index contributed by atoms with van der Waals surface area (Å²) in [6.45, 7) is 0. The third-order valence-electron chi connectivity index (χ3n) is 16.0.